The minimum atomic E-state index is 0.0727. The van der Waals surface area contributed by atoms with Crippen molar-refractivity contribution in [2.75, 3.05) is 7.11 Å². The minimum absolute atomic E-state index is 0.0727. The number of hydrogen-bond donors (Lipinski definition) is 2. The summed E-state index contributed by atoms with van der Waals surface area (Å²) in [4.78, 5) is 0. The Bertz CT molecular complexity index is 367. The number of methoxy groups -OCH3 is 1. The molecular formula is C14H23ClN2O. The summed E-state index contributed by atoms with van der Waals surface area (Å²) in [6.45, 7) is 4.41. The van der Waals surface area contributed by atoms with Gasteiger partial charge < -0.3 is 4.74 Å². The van der Waals surface area contributed by atoms with Gasteiger partial charge in [0.15, 0.2) is 0 Å². The van der Waals surface area contributed by atoms with Gasteiger partial charge in [0.05, 0.1) is 7.11 Å². The summed E-state index contributed by atoms with van der Waals surface area (Å²) in [5.41, 5.74) is 3.91. The fourth-order valence-corrected chi connectivity index (χ4v) is 2.40. The molecule has 1 rings (SSSR count). The predicted octanol–water partition coefficient (Wildman–Crippen LogP) is 3.68. The maximum Gasteiger partial charge on any atom is 0.123 e. The van der Waals surface area contributed by atoms with Gasteiger partial charge in [-0.1, -0.05) is 38.3 Å². The Labute approximate surface area is 115 Å². The number of ether oxygens (including phenoxy) is 1. The average molecular weight is 271 g/mol. The number of hydrogen-bond acceptors (Lipinski definition) is 3. The summed E-state index contributed by atoms with van der Waals surface area (Å²) in [6, 6.07) is 5.71. The fraction of sp³-hybridized carbons (Fsp3) is 0.571. The van der Waals surface area contributed by atoms with Crippen molar-refractivity contribution >= 4 is 11.6 Å². The topological polar surface area (TPSA) is 47.3 Å². The smallest absolute Gasteiger partial charge is 0.123 e. The van der Waals surface area contributed by atoms with E-state index in [4.69, 9.17) is 22.2 Å². The van der Waals surface area contributed by atoms with Crippen molar-refractivity contribution in [3.8, 4) is 5.75 Å². The molecule has 1 unspecified atom stereocenters. The highest BCUT2D eigenvalue weighted by molar-refractivity contribution is 6.30. The number of benzene rings is 1. The van der Waals surface area contributed by atoms with Crippen molar-refractivity contribution in [3.05, 3.63) is 28.8 Å². The second-order valence-electron chi connectivity index (χ2n) is 4.52. The van der Waals surface area contributed by atoms with Crippen LogP contribution in [0.1, 0.15) is 44.7 Å². The van der Waals surface area contributed by atoms with Crippen molar-refractivity contribution < 1.29 is 4.74 Å². The highest BCUT2D eigenvalue weighted by Gasteiger charge is 2.18. The van der Waals surface area contributed by atoms with Crippen LogP contribution in [0.2, 0.25) is 5.02 Å². The molecule has 0 heterocycles. The molecule has 1 aromatic rings. The van der Waals surface area contributed by atoms with Gasteiger partial charge in [0.1, 0.15) is 5.75 Å². The second-order valence-corrected chi connectivity index (χ2v) is 4.96. The molecule has 3 nitrogen and oxygen atoms in total. The molecule has 0 aliphatic heterocycles. The van der Waals surface area contributed by atoms with E-state index in [0.29, 0.717) is 10.9 Å². The van der Waals surface area contributed by atoms with E-state index in [0.717, 1.165) is 30.6 Å². The summed E-state index contributed by atoms with van der Waals surface area (Å²) < 4.78 is 5.38. The molecule has 0 aliphatic carbocycles. The van der Waals surface area contributed by atoms with Gasteiger partial charge >= 0.3 is 0 Å². The molecule has 1 aromatic carbocycles. The molecule has 0 saturated heterocycles. The van der Waals surface area contributed by atoms with Crippen LogP contribution in [-0.2, 0) is 0 Å². The number of nitrogens with two attached hydrogens (primary N) is 1. The molecule has 0 spiro atoms. The molecule has 0 amide bonds. The summed E-state index contributed by atoms with van der Waals surface area (Å²) in [5, 5.41) is 0.704. The minimum Gasteiger partial charge on any atom is -0.496 e. The van der Waals surface area contributed by atoms with Crippen LogP contribution in [-0.4, -0.2) is 7.11 Å². The summed E-state index contributed by atoms with van der Waals surface area (Å²) in [7, 11) is 1.66. The molecule has 18 heavy (non-hydrogen) atoms. The normalized spacial score (nSPS) is 12.8. The second kappa shape index (κ2) is 7.62. The molecule has 0 aliphatic rings. The third-order valence-electron chi connectivity index (χ3n) is 3.49. The van der Waals surface area contributed by atoms with Crippen LogP contribution in [0.5, 0.6) is 5.75 Å². The number of halogens is 1. The number of nitrogens with one attached hydrogen (secondary N) is 1. The lowest BCUT2D eigenvalue weighted by molar-refractivity contribution is 0.356. The van der Waals surface area contributed by atoms with E-state index < -0.39 is 0 Å². The lowest BCUT2D eigenvalue weighted by Crippen LogP contribution is -2.30. The Morgan fingerprint density at radius 3 is 2.50 bits per heavy atom. The summed E-state index contributed by atoms with van der Waals surface area (Å²) in [6.07, 6.45) is 3.29. The zero-order valence-corrected chi connectivity index (χ0v) is 12.1. The lowest BCUT2D eigenvalue weighted by atomic mass is 9.91. The Balaban J connectivity index is 2.96. The van der Waals surface area contributed by atoms with Gasteiger partial charge in [-0.3, -0.25) is 11.3 Å². The van der Waals surface area contributed by atoms with Crippen LogP contribution in [0.4, 0.5) is 0 Å². The largest absolute Gasteiger partial charge is 0.496 e. The van der Waals surface area contributed by atoms with E-state index in [1.54, 1.807) is 7.11 Å². The van der Waals surface area contributed by atoms with Crippen molar-refractivity contribution in [2.45, 2.75) is 39.2 Å². The Morgan fingerprint density at radius 2 is 2.00 bits per heavy atom. The molecule has 0 fully saturated rings. The standard InChI is InChI=1S/C14H23ClN2O/c1-4-10(5-2)8-13(17-16)12-9-11(15)6-7-14(12)18-3/h6-7,9-10,13,17H,4-5,8,16H2,1-3H3. The highest BCUT2D eigenvalue weighted by Crippen LogP contribution is 2.32. The number of hydrazine groups is 1. The van der Waals surface area contributed by atoms with Crippen LogP contribution in [0, 0.1) is 5.92 Å². The zero-order valence-electron chi connectivity index (χ0n) is 11.4. The van der Waals surface area contributed by atoms with Gasteiger partial charge in [-0.05, 0) is 30.5 Å². The summed E-state index contributed by atoms with van der Waals surface area (Å²) >= 11 is 6.05. The van der Waals surface area contributed by atoms with Crippen LogP contribution in [0.3, 0.4) is 0 Å². The first-order chi connectivity index (χ1) is 8.65. The van der Waals surface area contributed by atoms with Gasteiger partial charge in [-0.15, -0.1) is 0 Å². The van der Waals surface area contributed by atoms with Crippen molar-refractivity contribution in [2.24, 2.45) is 11.8 Å². The molecule has 1 atom stereocenters. The van der Waals surface area contributed by atoms with Gasteiger partial charge in [-0.2, -0.15) is 0 Å². The Morgan fingerprint density at radius 1 is 1.33 bits per heavy atom. The number of rotatable bonds is 7. The highest BCUT2D eigenvalue weighted by atomic mass is 35.5. The Hall–Kier alpha value is -0.770. The van der Waals surface area contributed by atoms with Crippen molar-refractivity contribution in [1.82, 2.24) is 5.43 Å². The van der Waals surface area contributed by atoms with E-state index in [1.165, 1.54) is 0 Å². The third-order valence-corrected chi connectivity index (χ3v) is 3.73. The first-order valence-electron chi connectivity index (χ1n) is 6.45. The van der Waals surface area contributed by atoms with E-state index in [-0.39, 0.29) is 6.04 Å². The van der Waals surface area contributed by atoms with E-state index >= 15 is 0 Å². The molecule has 0 radical (unpaired) electrons. The fourth-order valence-electron chi connectivity index (χ4n) is 2.22. The van der Waals surface area contributed by atoms with E-state index in [1.807, 2.05) is 18.2 Å². The third kappa shape index (κ3) is 3.87. The van der Waals surface area contributed by atoms with Crippen molar-refractivity contribution in [3.63, 3.8) is 0 Å². The lowest BCUT2D eigenvalue weighted by Gasteiger charge is -2.23. The maximum absolute atomic E-state index is 6.05. The quantitative estimate of drug-likeness (QED) is 0.587. The monoisotopic (exact) mass is 270 g/mol. The van der Waals surface area contributed by atoms with Gasteiger partial charge in [0.25, 0.3) is 0 Å². The van der Waals surface area contributed by atoms with Gasteiger partial charge in [-0.25, -0.2) is 0 Å². The van der Waals surface area contributed by atoms with Crippen LogP contribution < -0.4 is 16.0 Å². The van der Waals surface area contributed by atoms with Gasteiger partial charge in [0.2, 0.25) is 0 Å². The first kappa shape index (κ1) is 15.3. The first-order valence-corrected chi connectivity index (χ1v) is 6.83. The predicted molar refractivity (Wildman–Crippen MR) is 76.8 cm³/mol. The summed E-state index contributed by atoms with van der Waals surface area (Å²) in [5.74, 6) is 7.16. The van der Waals surface area contributed by atoms with Crippen LogP contribution >= 0.6 is 11.6 Å². The van der Waals surface area contributed by atoms with Crippen molar-refractivity contribution in [1.29, 1.82) is 0 Å². The average Bonchev–Trinajstić information content (AvgIpc) is 2.40. The van der Waals surface area contributed by atoms with Crippen LogP contribution in [0.15, 0.2) is 18.2 Å². The molecular weight excluding hydrogens is 248 g/mol. The van der Waals surface area contributed by atoms with Crippen LogP contribution in [0.25, 0.3) is 0 Å². The Kier molecular flexibility index (Phi) is 6.47. The molecule has 0 bridgehead atoms. The zero-order chi connectivity index (χ0) is 13.5. The van der Waals surface area contributed by atoms with Gasteiger partial charge in [0, 0.05) is 16.6 Å². The molecule has 3 N–H and O–H groups in total. The molecule has 4 heteroatoms. The van der Waals surface area contributed by atoms with E-state index in [9.17, 15) is 0 Å². The molecule has 0 aromatic heterocycles. The SMILES string of the molecule is CCC(CC)CC(NN)c1cc(Cl)ccc1OC. The van der Waals surface area contributed by atoms with E-state index in [2.05, 4.69) is 19.3 Å². The molecule has 0 saturated carbocycles. The molecule has 102 valence electrons. The maximum atomic E-state index is 6.05.